The molecule has 1 unspecified atom stereocenters. The van der Waals surface area contributed by atoms with Crippen LogP contribution in [0.25, 0.3) is 11.0 Å². The Hall–Kier alpha value is -2.49. The number of aromatic amines is 1. The topological polar surface area (TPSA) is 86.6 Å². The summed E-state index contributed by atoms with van der Waals surface area (Å²) >= 11 is 12.3. The molecule has 0 saturated heterocycles. The van der Waals surface area contributed by atoms with Gasteiger partial charge in [0.1, 0.15) is 12.7 Å². The van der Waals surface area contributed by atoms with Crippen molar-refractivity contribution in [3.63, 3.8) is 0 Å². The molecule has 1 aliphatic rings. The number of nitrogens with zero attached hydrogens (tertiary/aromatic N) is 3. The zero-order valence-electron chi connectivity index (χ0n) is 14.4. The Morgan fingerprint density at radius 1 is 1.37 bits per heavy atom. The predicted octanol–water partition coefficient (Wildman–Crippen LogP) is 4.59. The third kappa shape index (κ3) is 3.41. The van der Waals surface area contributed by atoms with Gasteiger partial charge < -0.3 is 10.1 Å². The minimum atomic E-state index is 0.0478. The van der Waals surface area contributed by atoms with E-state index in [1.165, 1.54) is 0 Å². The molecule has 0 aliphatic heterocycles. The molecule has 8 heteroatoms. The fourth-order valence-electron chi connectivity index (χ4n) is 3.53. The van der Waals surface area contributed by atoms with E-state index in [2.05, 4.69) is 26.6 Å². The molecular formula is C19H17Cl2N5O. The number of benzene rings is 1. The summed E-state index contributed by atoms with van der Waals surface area (Å²) in [5.41, 5.74) is 4.15. The van der Waals surface area contributed by atoms with Gasteiger partial charge in [-0.15, -0.1) is 11.6 Å². The number of aromatic nitrogens is 3. The Labute approximate surface area is 166 Å². The number of rotatable bonds is 5. The Morgan fingerprint density at radius 3 is 3.07 bits per heavy atom. The summed E-state index contributed by atoms with van der Waals surface area (Å²) in [5, 5.41) is 21.4. The summed E-state index contributed by atoms with van der Waals surface area (Å²) in [6.45, 7) is 0.312. The predicted molar refractivity (Wildman–Crippen MR) is 106 cm³/mol. The van der Waals surface area contributed by atoms with Gasteiger partial charge in [-0.05, 0) is 42.5 Å². The maximum absolute atomic E-state index is 9.55. The first-order valence-corrected chi connectivity index (χ1v) is 9.62. The molecule has 0 saturated carbocycles. The van der Waals surface area contributed by atoms with Crippen LogP contribution in [0.15, 0.2) is 24.5 Å². The lowest BCUT2D eigenvalue weighted by Gasteiger charge is -2.29. The number of hydrogen-bond acceptors (Lipinski definition) is 5. The Morgan fingerprint density at radius 2 is 2.26 bits per heavy atom. The molecule has 1 aromatic carbocycles. The van der Waals surface area contributed by atoms with E-state index in [4.69, 9.17) is 27.9 Å². The van der Waals surface area contributed by atoms with Crippen molar-refractivity contribution in [2.75, 3.05) is 17.8 Å². The van der Waals surface area contributed by atoms with Crippen molar-refractivity contribution in [3.8, 4) is 11.8 Å². The van der Waals surface area contributed by atoms with Crippen LogP contribution in [0.2, 0.25) is 5.02 Å². The average molecular weight is 402 g/mol. The van der Waals surface area contributed by atoms with Gasteiger partial charge in [-0.2, -0.15) is 10.4 Å². The normalized spacial score (nSPS) is 16.0. The molecule has 2 heterocycles. The maximum atomic E-state index is 9.55. The van der Waals surface area contributed by atoms with Crippen LogP contribution in [0.4, 0.5) is 5.69 Å². The number of nitriles is 1. The minimum absolute atomic E-state index is 0.0478. The van der Waals surface area contributed by atoms with E-state index < -0.39 is 0 Å². The number of ether oxygens (including phenoxy) is 1. The zero-order valence-corrected chi connectivity index (χ0v) is 15.9. The lowest BCUT2D eigenvalue weighted by Crippen LogP contribution is -2.19. The van der Waals surface area contributed by atoms with Crippen LogP contribution < -0.4 is 10.1 Å². The van der Waals surface area contributed by atoms with Crippen LogP contribution >= 0.6 is 23.2 Å². The molecule has 138 valence electrons. The van der Waals surface area contributed by atoms with E-state index in [0.29, 0.717) is 28.8 Å². The van der Waals surface area contributed by atoms with Crippen molar-refractivity contribution in [1.82, 2.24) is 15.2 Å². The Bertz CT molecular complexity index is 1030. The standard InChI is InChI=1S/C19H17Cl2N5O/c20-4-5-27-18-11(8-22)7-15-14(17(18)21)2-1-3-16(15)25-13-6-12-9-24-26-19(12)23-10-13/h6-7,9-10,16,25H,1-5H2,(H,23,24,26). The highest BCUT2D eigenvalue weighted by Gasteiger charge is 2.26. The summed E-state index contributed by atoms with van der Waals surface area (Å²) in [6.07, 6.45) is 6.31. The number of pyridine rings is 1. The summed E-state index contributed by atoms with van der Waals surface area (Å²) in [4.78, 5) is 4.37. The molecule has 27 heavy (non-hydrogen) atoms. The summed E-state index contributed by atoms with van der Waals surface area (Å²) in [5.74, 6) is 0.770. The van der Waals surface area contributed by atoms with Crippen molar-refractivity contribution in [3.05, 3.63) is 46.2 Å². The Kier molecular flexibility index (Phi) is 5.06. The largest absolute Gasteiger partial charge is 0.489 e. The van der Waals surface area contributed by atoms with E-state index >= 15 is 0 Å². The quantitative estimate of drug-likeness (QED) is 0.610. The maximum Gasteiger partial charge on any atom is 0.155 e. The first-order chi connectivity index (χ1) is 13.2. The molecule has 0 bridgehead atoms. The molecule has 0 amide bonds. The van der Waals surface area contributed by atoms with Gasteiger partial charge in [0.2, 0.25) is 0 Å². The second-order valence-electron chi connectivity index (χ2n) is 6.41. The highest BCUT2D eigenvalue weighted by molar-refractivity contribution is 6.33. The average Bonchev–Trinajstić information content (AvgIpc) is 3.15. The molecular weight excluding hydrogens is 385 g/mol. The second-order valence-corrected chi connectivity index (χ2v) is 7.16. The van der Waals surface area contributed by atoms with Gasteiger partial charge in [-0.3, -0.25) is 5.10 Å². The molecule has 0 fully saturated rings. The third-order valence-electron chi connectivity index (χ3n) is 4.73. The van der Waals surface area contributed by atoms with Crippen molar-refractivity contribution in [1.29, 1.82) is 5.26 Å². The SMILES string of the molecule is N#Cc1cc2c(c(Cl)c1OCCCl)CCCC2Nc1cnc2[nH]ncc2c1. The molecule has 3 aromatic rings. The number of alkyl halides is 1. The van der Waals surface area contributed by atoms with Gasteiger partial charge in [-0.1, -0.05) is 11.6 Å². The van der Waals surface area contributed by atoms with Gasteiger partial charge in [-0.25, -0.2) is 4.98 Å². The number of hydrogen-bond donors (Lipinski definition) is 2. The van der Waals surface area contributed by atoms with Crippen molar-refractivity contribution in [2.45, 2.75) is 25.3 Å². The highest BCUT2D eigenvalue weighted by Crippen LogP contribution is 2.42. The van der Waals surface area contributed by atoms with Crippen molar-refractivity contribution >= 4 is 39.9 Å². The summed E-state index contributed by atoms with van der Waals surface area (Å²) in [7, 11) is 0. The van der Waals surface area contributed by atoms with Gasteiger partial charge in [0.15, 0.2) is 11.4 Å². The minimum Gasteiger partial charge on any atom is -0.489 e. The Balaban J connectivity index is 1.69. The van der Waals surface area contributed by atoms with E-state index in [-0.39, 0.29) is 6.04 Å². The number of halogens is 2. The first-order valence-electron chi connectivity index (χ1n) is 8.71. The lowest BCUT2D eigenvalue weighted by molar-refractivity contribution is 0.341. The van der Waals surface area contributed by atoms with Crippen LogP contribution in [0.1, 0.15) is 35.6 Å². The van der Waals surface area contributed by atoms with Crippen LogP contribution in [-0.2, 0) is 6.42 Å². The fourth-order valence-corrected chi connectivity index (χ4v) is 3.96. The van der Waals surface area contributed by atoms with Gasteiger partial charge in [0.25, 0.3) is 0 Å². The van der Waals surface area contributed by atoms with Crippen molar-refractivity contribution in [2.24, 2.45) is 0 Å². The summed E-state index contributed by atoms with van der Waals surface area (Å²) < 4.78 is 5.64. The van der Waals surface area contributed by atoms with Gasteiger partial charge in [0, 0.05) is 5.39 Å². The third-order valence-corrected chi connectivity index (χ3v) is 5.28. The second kappa shape index (κ2) is 7.63. The van der Waals surface area contributed by atoms with E-state index in [0.717, 1.165) is 47.1 Å². The molecule has 6 nitrogen and oxygen atoms in total. The molecule has 2 N–H and O–H groups in total. The fraction of sp³-hybridized carbons (Fsp3) is 0.316. The summed E-state index contributed by atoms with van der Waals surface area (Å²) in [6, 6.07) is 6.13. The molecule has 2 aromatic heterocycles. The van der Waals surface area contributed by atoms with Crippen LogP contribution in [-0.4, -0.2) is 27.7 Å². The molecule has 4 rings (SSSR count). The lowest BCUT2D eigenvalue weighted by atomic mass is 9.86. The number of anilines is 1. The van der Waals surface area contributed by atoms with Gasteiger partial charge in [0.05, 0.1) is 40.6 Å². The first kappa shape index (κ1) is 17.9. The van der Waals surface area contributed by atoms with E-state index in [1.807, 2.05) is 12.1 Å². The number of fused-ring (bicyclic) bond motifs is 2. The smallest absolute Gasteiger partial charge is 0.155 e. The van der Waals surface area contributed by atoms with E-state index in [9.17, 15) is 5.26 Å². The monoisotopic (exact) mass is 401 g/mol. The zero-order chi connectivity index (χ0) is 18.8. The number of nitrogens with one attached hydrogen (secondary N) is 2. The van der Waals surface area contributed by atoms with Crippen LogP contribution in [0.3, 0.4) is 0 Å². The highest BCUT2D eigenvalue weighted by atomic mass is 35.5. The molecule has 1 aliphatic carbocycles. The van der Waals surface area contributed by atoms with E-state index in [1.54, 1.807) is 12.4 Å². The van der Waals surface area contributed by atoms with Gasteiger partial charge >= 0.3 is 0 Å². The molecule has 0 spiro atoms. The molecule has 1 atom stereocenters. The van der Waals surface area contributed by atoms with Crippen LogP contribution in [0, 0.1) is 11.3 Å². The van der Waals surface area contributed by atoms with Crippen molar-refractivity contribution < 1.29 is 4.74 Å². The molecule has 0 radical (unpaired) electrons. The number of H-pyrrole nitrogens is 1. The van der Waals surface area contributed by atoms with Crippen LogP contribution in [0.5, 0.6) is 5.75 Å².